The smallest absolute Gasteiger partial charge is 0.550 e. The Bertz CT molecular complexity index is 573. The fourth-order valence-electron chi connectivity index (χ4n) is 1.71. The number of nitrogens with one attached hydrogen (secondary N) is 1. The predicted molar refractivity (Wildman–Crippen MR) is 56.8 cm³/mol. The average molecular weight is 305 g/mol. The maximum atomic E-state index is 11.6. The van der Waals surface area contributed by atoms with Crippen LogP contribution in [0.15, 0.2) is 29.1 Å². The molecule has 0 unspecified atom stereocenters. The van der Waals surface area contributed by atoms with Gasteiger partial charge in [-0.3, -0.25) is 4.57 Å². The van der Waals surface area contributed by atoms with Crippen LogP contribution in [0.4, 0.5) is 0 Å². The Morgan fingerprint density at radius 1 is 1.35 bits per heavy atom. The average Bonchev–Trinajstić information content (AvgIpc) is 2.55. The third kappa shape index (κ3) is 3.61. The summed E-state index contributed by atoms with van der Waals surface area (Å²) in [6.07, 6.45) is 0.357. The van der Waals surface area contributed by atoms with Gasteiger partial charge in [-0.25, -0.2) is 4.79 Å². The van der Waals surface area contributed by atoms with Crippen molar-refractivity contribution in [2.45, 2.75) is 19.4 Å². The standard InChI is InChI=1S/C11H12N2O3.Rb/c14-10(15)6-3-7-13-9-5-2-1-4-8(9)12-11(13)16;/h1-2,4-5H,3,6-7H2,(H,12,16)(H,14,15);/q;+1/p-1. The molecule has 2 rings (SSSR count). The summed E-state index contributed by atoms with van der Waals surface area (Å²) in [5.41, 5.74) is 1.35. The minimum atomic E-state index is -1.09. The van der Waals surface area contributed by atoms with E-state index in [9.17, 15) is 14.7 Å². The number of imidazole rings is 1. The Morgan fingerprint density at radius 3 is 2.76 bits per heavy atom. The van der Waals surface area contributed by atoms with Crippen molar-refractivity contribution in [1.82, 2.24) is 9.55 Å². The van der Waals surface area contributed by atoms with Gasteiger partial charge in [0, 0.05) is 12.5 Å². The first-order valence-corrected chi connectivity index (χ1v) is 5.06. The third-order valence-corrected chi connectivity index (χ3v) is 2.44. The molecule has 2 aromatic rings. The molecule has 1 N–H and O–H groups in total. The first-order chi connectivity index (χ1) is 7.68. The zero-order valence-electron chi connectivity index (χ0n) is 9.60. The summed E-state index contributed by atoms with van der Waals surface area (Å²) in [6, 6.07) is 7.31. The van der Waals surface area contributed by atoms with E-state index in [0.29, 0.717) is 13.0 Å². The number of H-pyrrole nitrogens is 1. The van der Waals surface area contributed by atoms with Crippen LogP contribution in [0.2, 0.25) is 0 Å². The summed E-state index contributed by atoms with van der Waals surface area (Å²) < 4.78 is 1.54. The van der Waals surface area contributed by atoms with Crippen LogP contribution in [0, 0.1) is 0 Å². The first kappa shape index (κ1) is 14.8. The van der Waals surface area contributed by atoms with Gasteiger partial charge in [0.05, 0.1) is 11.0 Å². The van der Waals surface area contributed by atoms with Crippen LogP contribution >= 0.6 is 0 Å². The molecule has 0 saturated heterocycles. The van der Waals surface area contributed by atoms with Crippen LogP contribution in [-0.4, -0.2) is 15.5 Å². The Hall–Kier alpha value is -0.235. The topological polar surface area (TPSA) is 77.9 Å². The maximum absolute atomic E-state index is 11.6. The zero-order chi connectivity index (χ0) is 11.5. The summed E-state index contributed by atoms with van der Waals surface area (Å²) in [7, 11) is 0. The molecule has 0 aliphatic rings. The van der Waals surface area contributed by atoms with E-state index < -0.39 is 5.97 Å². The van der Waals surface area contributed by atoms with Crippen molar-refractivity contribution in [3.05, 3.63) is 34.7 Å². The summed E-state index contributed by atoms with van der Waals surface area (Å²) in [6.45, 7) is 0.386. The number of hydrogen-bond acceptors (Lipinski definition) is 3. The molecule has 0 saturated carbocycles. The van der Waals surface area contributed by atoms with E-state index in [0.717, 1.165) is 11.0 Å². The summed E-state index contributed by atoms with van der Waals surface area (Å²) in [4.78, 5) is 24.5. The van der Waals surface area contributed by atoms with Crippen LogP contribution in [0.5, 0.6) is 0 Å². The van der Waals surface area contributed by atoms with Crippen molar-refractivity contribution in [3.63, 3.8) is 0 Å². The first-order valence-electron chi connectivity index (χ1n) is 5.06. The fraction of sp³-hybridized carbons (Fsp3) is 0.273. The second kappa shape index (κ2) is 6.63. The summed E-state index contributed by atoms with van der Waals surface area (Å²) in [5.74, 6) is -1.09. The van der Waals surface area contributed by atoms with E-state index >= 15 is 0 Å². The van der Waals surface area contributed by atoms with Gasteiger partial charge in [0.1, 0.15) is 0 Å². The van der Waals surface area contributed by atoms with Crippen molar-refractivity contribution < 1.29 is 68.1 Å². The molecule has 17 heavy (non-hydrogen) atoms. The molecule has 0 amide bonds. The number of carboxylic acids is 1. The number of benzene rings is 1. The van der Waals surface area contributed by atoms with Gasteiger partial charge >= 0.3 is 63.9 Å². The van der Waals surface area contributed by atoms with Crippen LogP contribution < -0.4 is 69.0 Å². The number of nitrogens with zero attached hydrogens (tertiary/aromatic N) is 1. The van der Waals surface area contributed by atoms with Crippen molar-refractivity contribution in [2.24, 2.45) is 0 Å². The van der Waals surface area contributed by atoms with E-state index in [4.69, 9.17) is 0 Å². The number of fused-ring (bicyclic) bond motifs is 1. The number of carbonyl (C=O) groups excluding carboxylic acids is 1. The molecule has 0 fully saturated rings. The molecule has 1 aromatic heterocycles. The number of aromatic amines is 1. The number of aliphatic carboxylic acids is 1. The monoisotopic (exact) mass is 304 g/mol. The number of hydrogen-bond donors (Lipinski definition) is 1. The maximum Gasteiger partial charge on any atom is 1.00 e. The second-order valence-corrected chi connectivity index (χ2v) is 3.57. The van der Waals surface area contributed by atoms with Crippen molar-refractivity contribution in [3.8, 4) is 0 Å². The minimum absolute atomic E-state index is 0. The predicted octanol–water partition coefficient (Wildman–Crippen LogP) is -3.14. The van der Waals surface area contributed by atoms with Crippen LogP contribution in [0.25, 0.3) is 11.0 Å². The largest absolute Gasteiger partial charge is 1.00 e. The molecule has 0 bridgehead atoms. The SMILES string of the molecule is O=C([O-])CCCn1c(=O)[nH]c2ccccc21.[Rb+]. The molecule has 5 nitrogen and oxygen atoms in total. The van der Waals surface area contributed by atoms with Gasteiger partial charge in [0.25, 0.3) is 0 Å². The minimum Gasteiger partial charge on any atom is -0.550 e. The molecule has 1 aromatic carbocycles. The van der Waals surface area contributed by atoms with Crippen molar-refractivity contribution in [2.75, 3.05) is 0 Å². The summed E-state index contributed by atoms with van der Waals surface area (Å²) in [5, 5.41) is 10.3. The Kier molecular flexibility index (Phi) is 5.78. The van der Waals surface area contributed by atoms with Gasteiger partial charge in [0.2, 0.25) is 0 Å². The molecule has 6 heteroatoms. The van der Waals surface area contributed by atoms with Gasteiger partial charge in [0.15, 0.2) is 0 Å². The zero-order valence-corrected chi connectivity index (χ0v) is 14.5. The number of carboxylic acid groups (broad SMARTS) is 1. The molecule has 0 radical (unpaired) electrons. The van der Waals surface area contributed by atoms with Gasteiger partial charge in [-0.2, -0.15) is 0 Å². The Labute approximate surface area is 147 Å². The van der Waals surface area contributed by atoms with Gasteiger partial charge < -0.3 is 14.9 Å². The molecule has 84 valence electrons. The molecular weight excluding hydrogens is 294 g/mol. The van der Waals surface area contributed by atoms with Gasteiger partial charge in [-0.05, 0) is 25.0 Å². The summed E-state index contributed by atoms with van der Waals surface area (Å²) >= 11 is 0. The fourth-order valence-corrected chi connectivity index (χ4v) is 1.71. The normalized spacial score (nSPS) is 10.1. The van der Waals surface area contributed by atoms with E-state index in [1.54, 1.807) is 0 Å². The van der Waals surface area contributed by atoms with Gasteiger partial charge in [-0.1, -0.05) is 12.1 Å². The van der Waals surface area contributed by atoms with Gasteiger partial charge in [-0.15, -0.1) is 0 Å². The van der Waals surface area contributed by atoms with Crippen LogP contribution in [0.1, 0.15) is 12.8 Å². The number of para-hydroxylation sites is 2. The number of carbonyl (C=O) groups is 1. The van der Waals surface area contributed by atoms with Crippen LogP contribution in [-0.2, 0) is 11.3 Å². The van der Waals surface area contributed by atoms with E-state index in [2.05, 4.69) is 4.98 Å². The number of aromatic nitrogens is 2. The molecule has 0 spiro atoms. The quantitative estimate of drug-likeness (QED) is 0.649. The van der Waals surface area contributed by atoms with Crippen molar-refractivity contribution in [1.29, 1.82) is 0 Å². The van der Waals surface area contributed by atoms with Crippen LogP contribution in [0.3, 0.4) is 0 Å². The number of rotatable bonds is 4. The Balaban J connectivity index is 0.00000144. The van der Waals surface area contributed by atoms with E-state index in [1.165, 1.54) is 4.57 Å². The van der Waals surface area contributed by atoms with Crippen molar-refractivity contribution >= 4 is 17.0 Å². The molecular formula is C11H11N2O3Rb. The molecule has 1 heterocycles. The van der Waals surface area contributed by atoms with E-state index in [1.807, 2.05) is 24.3 Å². The second-order valence-electron chi connectivity index (χ2n) is 3.57. The Morgan fingerprint density at radius 2 is 2.06 bits per heavy atom. The molecule has 0 atom stereocenters. The number of aryl methyl sites for hydroxylation is 1. The molecule has 0 aliphatic heterocycles. The van der Waals surface area contributed by atoms with E-state index in [-0.39, 0.29) is 70.3 Å². The third-order valence-electron chi connectivity index (χ3n) is 2.44. The molecule has 0 aliphatic carbocycles.